The Labute approximate surface area is 184 Å². The van der Waals surface area contributed by atoms with Gasteiger partial charge in [-0.2, -0.15) is 0 Å². The molecule has 2 atom stereocenters. The molecule has 0 bridgehead atoms. The Balaban J connectivity index is 0. The van der Waals surface area contributed by atoms with Crippen molar-refractivity contribution in [3.8, 4) is 0 Å². The zero-order chi connectivity index (χ0) is 20.9. The zero-order valence-electron chi connectivity index (χ0n) is 16.0. The molecule has 6 radical (unpaired) electrons. The summed E-state index contributed by atoms with van der Waals surface area (Å²) in [6, 6.07) is 0. The van der Waals surface area contributed by atoms with Crippen molar-refractivity contribution in [3.63, 3.8) is 0 Å². The van der Waals surface area contributed by atoms with Crippen LogP contribution in [0.3, 0.4) is 0 Å². The second-order valence-electron chi connectivity index (χ2n) is 5.78. The van der Waals surface area contributed by atoms with Crippen molar-refractivity contribution in [3.05, 3.63) is 0 Å². The summed E-state index contributed by atoms with van der Waals surface area (Å²) >= 11 is 6.77. The molecule has 0 amide bonds. The summed E-state index contributed by atoms with van der Waals surface area (Å²) in [5.74, 6) is 2.78. The Morgan fingerprint density at radius 1 is 0.556 bits per heavy atom. The maximum atomic E-state index is 8.48. The Hall–Kier alpha value is 1.12. The van der Waals surface area contributed by atoms with Gasteiger partial charge in [-0.15, -0.1) is 0 Å². The molecule has 0 aromatic carbocycles. The van der Waals surface area contributed by atoms with Crippen LogP contribution in [0.25, 0.3) is 0 Å². The van der Waals surface area contributed by atoms with Crippen LogP contribution in [-0.4, -0.2) is 164 Å². The van der Waals surface area contributed by atoms with E-state index in [1.807, 2.05) is 0 Å². The summed E-state index contributed by atoms with van der Waals surface area (Å²) in [7, 11) is 0. The number of aliphatic hydroxyl groups excluding tert-OH is 6. The molecular formula is C16H36Ge2N2O6S. The maximum absolute atomic E-state index is 8.48. The molecule has 1 saturated heterocycles. The van der Waals surface area contributed by atoms with E-state index in [4.69, 9.17) is 30.6 Å². The van der Waals surface area contributed by atoms with Crippen molar-refractivity contribution in [2.45, 2.75) is 9.50 Å². The SMILES string of the molecule is OCCN(CCO)CCO.OCCN(CCO)CCO.[Ge][CH]1CSC[CH]1[Ge]. The first-order valence-corrected chi connectivity index (χ1v) is 12.7. The molecule has 8 nitrogen and oxygen atoms in total. The average Bonchev–Trinajstić information content (AvgIpc) is 3.01. The summed E-state index contributed by atoms with van der Waals surface area (Å²) in [5, 5.41) is 50.9. The fourth-order valence-corrected chi connectivity index (χ4v) is 5.88. The van der Waals surface area contributed by atoms with Gasteiger partial charge in [0.15, 0.2) is 0 Å². The van der Waals surface area contributed by atoms with E-state index in [0.717, 1.165) is 9.50 Å². The van der Waals surface area contributed by atoms with Crippen molar-refractivity contribution in [1.29, 1.82) is 0 Å². The Bertz CT molecular complexity index is 247. The number of nitrogens with zero attached hydrogens (tertiary/aromatic N) is 2. The standard InChI is InChI=1S/2C6H15NO3.C4H6Ge2S/c2*8-4-1-7(2-5-9)3-6-10;5-3-1-7-2-4(3)6/h2*8-10H,1-6H2;3-4H,1-2H2. The van der Waals surface area contributed by atoms with Gasteiger partial charge in [0, 0.05) is 39.3 Å². The van der Waals surface area contributed by atoms with Crippen molar-refractivity contribution in [2.24, 2.45) is 0 Å². The number of rotatable bonds is 12. The van der Waals surface area contributed by atoms with Gasteiger partial charge in [0.05, 0.1) is 39.6 Å². The molecule has 0 saturated carbocycles. The van der Waals surface area contributed by atoms with E-state index in [1.165, 1.54) is 11.5 Å². The fourth-order valence-electron chi connectivity index (χ4n) is 2.07. The number of hydrogen-bond donors (Lipinski definition) is 6. The van der Waals surface area contributed by atoms with Gasteiger partial charge in [0.2, 0.25) is 0 Å². The summed E-state index contributed by atoms with van der Waals surface area (Å²) in [5.41, 5.74) is 0. The molecule has 0 spiro atoms. The third-order valence-corrected chi connectivity index (χ3v) is 10.0. The topological polar surface area (TPSA) is 128 Å². The molecule has 0 aromatic heterocycles. The van der Waals surface area contributed by atoms with E-state index in [0.29, 0.717) is 39.3 Å². The van der Waals surface area contributed by atoms with E-state index in [-0.39, 0.29) is 39.6 Å². The number of thioether (sulfide) groups is 1. The molecule has 0 aromatic rings. The van der Waals surface area contributed by atoms with Crippen LogP contribution in [-0.2, 0) is 0 Å². The molecule has 6 N–H and O–H groups in total. The molecule has 2 unspecified atom stereocenters. The Kier molecular flexibility index (Phi) is 26.3. The first kappa shape index (κ1) is 30.3. The minimum atomic E-state index is 0.0694. The molecule has 1 heterocycles. The van der Waals surface area contributed by atoms with Crippen LogP contribution in [0, 0.1) is 0 Å². The summed E-state index contributed by atoms with van der Waals surface area (Å²) in [4.78, 5) is 3.58. The molecule has 27 heavy (non-hydrogen) atoms. The van der Waals surface area contributed by atoms with Crippen LogP contribution in [0.15, 0.2) is 0 Å². The normalized spacial score (nSPS) is 18.9. The Morgan fingerprint density at radius 3 is 0.889 bits per heavy atom. The van der Waals surface area contributed by atoms with E-state index in [9.17, 15) is 0 Å². The van der Waals surface area contributed by atoms with Gasteiger partial charge in [-0.3, -0.25) is 9.80 Å². The minimum absolute atomic E-state index is 0.0694. The van der Waals surface area contributed by atoms with Gasteiger partial charge < -0.3 is 30.6 Å². The first-order valence-electron chi connectivity index (χ1n) is 9.10. The molecule has 1 fully saturated rings. The third kappa shape index (κ3) is 20.2. The number of hydrogen-bond acceptors (Lipinski definition) is 9. The van der Waals surface area contributed by atoms with Crippen molar-refractivity contribution >= 4 is 44.8 Å². The van der Waals surface area contributed by atoms with Crippen molar-refractivity contribution < 1.29 is 30.6 Å². The third-order valence-electron chi connectivity index (χ3n) is 3.58. The molecule has 1 aliphatic rings. The van der Waals surface area contributed by atoms with Gasteiger partial charge in [-0.25, -0.2) is 0 Å². The summed E-state index contributed by atoms with van der Waals surface area (Å²) in [6.07, 6.45) is 0. The van der Waals surface area contributed by atoms with Gasteiger partial charge in [0.25, 0.3) is 0 Å². The molecule has 1 aliphatic heterocycles. The summed E-state index contributed by atoms with van der Waals surface area (Å²) < 4.78 is 1.95. The molecular weight excluding hydrogens is 493 g/mol. The van der Waals surface area contributed by atoms with Crippen LogP contribution < -0.4 is 0 Å². The zero-order valence-corrected chi connectivity index (χ0v) is 21.1. The molecule has 1 rings (SSSR count). The van der Waals surface area contributed by atoms with E-state index >= 15 is 0 Å². The average molecular weight is 530 g/mol. The monoisotopic (exact) mass is 532 g/mol. The van der Waals surface area contributed by atoms with Crippen molar-refractivity contribution in [1.82, 2.24) is 9.80 Å². The van der Waals surface area contributed by atoms with Crippen LogP contribution in [0.1, 0.15) is 0 Å². The summed E-state index contributed by atoms with van der Waals surface area (Å²) in [6.45, 7) is 3.51. The quantitative estimate of drug-likeness (QED) is 0.148. The predicted octanol–water partition coefficient (Wildman–Crippen LogP) is -2.82. The second-order valence-corrected chi connectivity index (χ2v) is 9.96. The van der Waals surface area contributed by atoms with Gasteiger partial charge in [-0.05, 0) is 0 Å². The molecule has 0 aliphatic carbocycles. The van der Waals surface area contributed by atoms with Crippen LogP contribution in [0.2, 0.25) is 9.50 Å². The molecule has 11 heteroatoms. The first-order chi connectivity index (χ1) is 13.0. The predicted molar refractivity (Wildman–Crippen MR) is 112 cm³/mol. The van der Waals surface area contributed by atoms with Crippen LogP contribution in [0.5, 0.6) is 0 Å². The Morgan fingerprint density at radius 2 is 0.778 bits per heavy atom. The fraction of sp³-hybridized carbons (Fsp3) is 1.00. The second kappa shape index (κ2) is 23.4. The van der Waals surface area contributed by atoms with Gasteiger partial charge in [0.1, 0.15) is 0 Å². The van der Waals surface area contributed by atoms with E-state index in [2.05, 4.69) is 44.8 Å². The van der Waals surface area contributed by atoms with Gasteiger partial charge >= 0.3 is 65.8 Å². The van der Waals surface area contributed by atoms with Gasteiger partial charge in [-0.1, -0.05) is 0 Å². The van der Waals surface area contributed by atoms with E-state index < -0.39 is 0 Å². The van der Waals surface area contributed by atoms with Crippen LogP contribution >= 0.6 is 11.8 Å². The van der Waals surface area contributed by atoms with Crippen LogP contribution in [0.4, 0.5) is 0 Å². The van der Waals surface area contributed by atoms with E-state index in [1.54, 1.807) is 9.80 Å². The number of aliphatic hydroxyl groups is 6. The van der Waals surface area contributed by atoms with Crippen molar-refractivity contribution in [2.75, 3.05) is 90.4 Å². The molecule has 160 valence electrons.